The van der Waals surface area contributed by atoms with Crippen molar-refractivity contribution in [1.82, 2.24) is 9.97 Å². The van der Waals surface area contributed by atoms with E-state index in [1.165, 1.54) is 4.90 Å². The molecule has 6 heteroatoms. The van der Waals surface area contributed by atoms with Gasteiger partial charge in [-0.3, -0.25) is 4.79 Å². The van der Waals surface area contributed by atoms with Gasteiger partial charge < -0.3 is 15.2 Å². The molecular formula is C20H22BrN4O+. The molecule has 1 unspecified atom stereocenters. The van der Waals surface area contributed by atoms with E-state index in [0.717, 1.165) is 52.9 Å². The Hall–Kier alpha value is -2.18. The van der Waals surface area contributed by atoms with Crippen molar-refractivity contribution in [2.75, 3.05) is 25.0 Å². The molecule has 0 saturated carbocycles. The van der Waals surface area contributed by atoms with Crippen molar-refractivity contribution >= 4 is 38.6 Å². The molecule has 2 atom stereocenters. The summed E-state index contributed by atoms with van der Waals surface area (Å²) in [6.07, 6.45) is 2.24. The minimum absolute atomic E-state index is 0.0626. The van der Waals surface area contributed by atoms with Crippen LogP contribution in [0.2, 0.25) is 0 Å². The lowest BCUT2D eigenvalue weighted by Gasteiger charge is -2.28. The number of amides is 1. The molecule has 3 N–H and O–H groups in total. The van der Waals surface area contributed by atoms with Gasteiger partial charge in [0.2, 0.25) is 0 Å². The maximum atomic E-state index is 12.4. The molecule has 134 valence electrons. The summed E-state index contributed by atoms with van der Waals surface area (Å²) in [7, 11) is 0. The summed E-state index contributed by atoms with van der Waals surface area (Å²) in [5.41, 5.74) is 2.94. The third kappa shape index (κ3) is 3.97. The Morgan fingerprint density at radius 1 is 1.23 bits per heavy atom. The summed E-state index contributed by atoms with van der Waals surface area (Å²) >= 11 is 3.41. The Balaban J connectivity index is 1.38. The van der Waals surface area contributed by atoms with Gasteiger partial charge in [-0.05, 0) is 49.2 Å². The van der Waals surface area contributed by atoms with E-state index in [9.17, 15) is 4.79 Å². The average molecular weight is 414 g/mol. The number of nitrogens with zero attached hydrogens (tertiary/aromatic N) is 1. The number of fused-ring (bicyclic) bond motifs is 1. The van der Waals surface area contributed by atoms with Crippen LogP contribution in [0.3, 0.4) is 0 Å². The predicted octanol–water partition coefficient (Wildman–Crippen LogP) is 2.73. The number of piperidine rings is 1. The lowest BCUT2D eigenvalue weighted by Crippen LogP contribution is -3.14. The van der Waals surface area contributed by atoms with Crippen molar-refractivity contribution in [3.63, 3.8) is 0 Å². The smallest absolute Gasteiger partial charge is 0.279 e. The highest BCUT2D eigenvalue weighted by Gasteiger charge is 2.28. The number of H-pyrrole nitrogens is 1. The summed E-state index contributed by atoms with van der Waals surface area (Å²) in [5.74, 6) is 1.50. The first-order valence-electron chi connectivity index (χ1n) is 9.01. The van der Waals surface area contributed by atoms with Gasteiger partial charge in [0, 0.05) is 10.2 Å². The number of imidazole rings is 1. The zero-order valence-corrected chi connectivity index (χ0v) is 16.1. The fourth-order valence-corrected chi connectivity index (χ4v) is 3.94. The second-order valence-corrected chi connectivity index (χ2v) is 7.83. The summed E-state index contributed by atoms with van der Waals surface area (Å²) in [5, 5.41) is 2.99. The number of carbonyl (C=O) groups excluding carboxylic acids is 1. The number of hydrogen-bond donors (Lipinski definition) is 3. The van der Waals surface area contributed by atoms with Crippen LogP contribution in [0.15, 0.2) is 53.0 Å². The zero-order valence-electron chi connectivity index (χ0n) is 14.5. The van der Waals surface area contributed by atoms with E-state index in [4.69, 9.17) is 4.98 Å². The molecule has 1 aliphatic rings. The number of aromatic nitrogens is 2. The summed E-state index contributed by atoms with van der Waals surface area (Å²) in [6, 6.07) is 15.8. The SMILES string of the molecule is O=C(C[NH+]1CCC[C@@H](c2nc3ccccc3[nH]2)C1)Nc1ccc(Br)cc1. The van der Waals surface area contributed by atoms with Gasteiger partial charge in [0.05, 0.1) is 30.0 Å². The molecule has 1 saturated heterocycles. The Bertz CT molecular complexity index is 873. The number of likely N-dealkylation sites (tertiary alicyclic amines) is 1. The molecule has 26 heavy (non-hydrogen) atoms. The topological polar surface area (TPSA) is 62.2 Å². The van der Waals surface area contributed by atoms with Crippen LogP contribution < -0.4 is 10.2 Å². The number of benzene rings is 2. The van der Waals surface area contributed by atoms with Crippen LogP contribution in [0.25, 0.3) is 11.0 Å². The highest BCUT2D eigenvalue weighted by atomic mass is 79.9. The Kier molecular flexibility index (Phi) is 5.04. The molecule has 3 aromatic rings. The highest BCUT2D eigenvalue weighted by molar-refractivity contribution is 9.10. The molecule has 2 heterocycles. The van der Waals surface area contributed by atoms with E-state index in [-0.39, 0.29) is 5.91 Å². The molecule has 1 amide bonds. The van der Waals surface area contributed by atoms with Crippen molar-refractivity contribution in [3.8, 4) is 0 Å². The van der Waals surface area contributed by atoms with Gasteiger partial charge in [0.1, 0.15) is 5.82 Å². The van der Waals surface area contributed by atoms with E-state index in [2.05, 4.69) is 32.3 Å². The maximum absolute atomic E-state index is 12.4. The first kappa shape index (κ1) is 17.2. The molecule has 0 aliphatic carbocycles. The van der Waals surface area contributed by atoms with Gasteiger partial charge in [-0.1, -0.05) is 28.1 Å². The molecule has 1 aromatic heterocycles. The number of nitrogens with one attached hydrogen (secondary N) is 3. The van der Waals surface area contributed by atoms with Crippen molar-refractivity contribution in [2.45, 2.75) is 18.8 Å². The minimum atomic E-state index is 0.0626. The Morgan fingerprint density at radius 3 is 2.85 bits per heavy atom. The average Bonchev–Trinajstić information content (AvgIpc) is 3.08. The monoisotopic (exact) mass is 413 g/mol. The van der Waals surface area contributed by atoms with E-state index >= 15 is 0 Å². The number of halogens is 1. The Labute approximate surface area is 160 Å². The van der Waals surface area contributed by atoms with E-state index < -0.39 is 0 Å². The highest BCUT2D eigenvalue weighted by Crippen LogP contribution is 2.22. The molecular weight excluding hydrogens is 392 g/mol. The number of anilines is 1. The predicted molar refractivity (Wildman–Crippen MR) is 106 cm³/mol. The first-order valence-corrected chi connectivity index (χ1v) is 9.80. The largest absolute Gasteiger partial charge is 0.342 e. The summed E-state index contributed by atoms with van der Waals surface area (Å²) in [4.78, 5) is 21.9. The van der Waals surface area contributed by atoms with Gasteiger partial charge in [0.15, 0.2) is 6.54 Å². The third-order valence-corrected chi connectivity index (χ3v) is 5.48. The van der Waals surface area contributed by atoms with Gasteiger partial charge in [-0.25, -0.2) is 4.98 Å². The quantitative estimate of drug-likeness (QED) is 0.615. The first-order chi connectivity index (χ1) is 12.7. The van der Waals surface area contributed by atoms with E-state index in [1.54, 1.807) is 0 Å². The standard InChI is InChI=1S/C20H21BrN4O/c21-15-7-9-16(10-8-15)22-19(26)13-25-11-3-4-14(12-25)20-23-17-5-1-2-6-18(17)24-20/h1-2,5-10,14H,3-4,11-13H2,(H,22,26)(H,23,24)/p+1/t14-/m1/s1. The van der Waals surface area contributed by atoms with Crippen LogP contribution in [-0.2, 0) is 4.79 Å². The lowest BCUT2D eigenvalue weighted by molar-refractivity contribution is -0.898. The summed E-state index contributed by atoms with van der Waals surface area (Å²) < 4.78 is 1.01. The normalized spacial score (nSPS) is 20.2. The number of rotatable bonds is 4. The van der Waals surface area contributed by atoms with Crippen molar-refractivity contribution in [1.29, 1.82) is 0 Å². The van der Waals surface area contributed by atoms with Crippen molar-refractivity contribution in [3.05, 3.63) is 58.8 Å². The van der Waals surface area contributed by atoms with Crippen LogP contribution in [0.1, 0.15) is 24.6 Å². The maximum Gasteiger partial charge on any atom is 0.279 e. The molecule has 2 aromatic carbocycles. The fraction of sp³-hybridized carbons (Fsp3) is 0.300. The van der Waals surface area contributed by atoms with Gasteiger partial charge in [-0.2, -0.15) is 0 Å². The van der Waals surface area contributed by atoms with Crippen molar-refractivity contribution in [2.24, 2.45) is 0 Å². The molecule has 1 aliphatic heterocycles. The molecule has 0 spiro atoms. The van der Waals surface area contributed by atoms with Gasteiger partial charge in [-0.15, -0.1) is 0 Å². The summed E-state index contributed by atoms with van der Waals surface area (Å²) in [6.45, 7) is 2.46. The van der Waals surface area contributed by atoms with E-state index in [0.29, 0.717) is 12.5 Å². The van der Waals surface area contributed by atoms with Crippen LogP contribution in [-0.4, -0.2) is 35.5 Å². The fourth-order valence-electron chi connectivity index (χ4n) is 3.68. The van der Waals surface area contributed by atoms with E-state index in [1.807, 2.05) is 42.5 Å². The third-order valence-electron chi connectivity index (χ3n) is 4.95. The van der Waals surface area contributed by atoms with Crippen LogP contribution in [0.4, 0.5) is 5.69 Å². The molecule has 5 nitrogen and oxygen atoms in total. The van der Waals surface area contributed by atoms with Crippen LogP contribution >= 0.6 is 15.9 Å². The minimum Gasteiger partial charge on any atom is -0.342 e. The van der Waals surface area contributed by atoms with Gasteiger partial charge >= 0.3 is 0 Å². The van der Waals surface area contributed by atoms with Gasteiger partial charge in [0.25, 0.3) is 5.91 Å². The lowest BCUT2D eigenvalue weighted by atomic mass is 9.97. The second kappa shape index (κ2) is 7.60. The zero-order chi connectivity index (χ0) is 17.9. The van der Waals surface area contributed by atoms with Crippen LogP contribution in [0.5, 0.6) is 0 Å². The number of aromatic amines is 1. The van der Waals surface area contributed by atoms with Crippen LogP contribution in [0, 0.1) is 0 Å². The molecule has 0 radical (unpaired) electrons. The molecule has 0 bridgehead atoms. The second-order valence-electron chi connectivity index (χ2n) is 6.91. The van der Waals surface area contributed by atoms with Crippen molar-refractivity contribution < 1.29 is 9.69 Å². The molecule has 1 fully saturated rings. The number of quaternary nitrogens is 1. The number of hydrogen-bond acceptors (Lipinski definition) is 2. The number of carbonyl (C=O) groups is 1. The Morgan fingerprint density at radius 2 is 2.04 bits per heavy atom. The number of para-hydroxylation sites is 2. The molecule has 4 rings (SSSR count).